The number of benzene rings is 1. The molecule has 0 unspecified atom stereocenters. The van der Waals surface area contributed by atoms with E-state index in [0.29, 0.717) is 18.1 Å². The number of aromatic nitrogens is 1. The third kappa shape index (κ3) is 5.66. The minimum absolute atomic E-state index is 0.0608. The second kappa shape index (κ2) is 9.35. The zero-order valence-electron chi connectivity index (χ0n) is 15.7. The van der Waals surface area contributed by atoms with Gasteiger partial charge < -0.3 is 14.5 Å². The Labute approximate surface area is 169 Å². The van der Waals surface area contributed by atoms with Gasteiger partial charge in [-0.3, -0.25) is 9.78 Å². The van der Waals surface area contributed by atoms with Crippen molar-refractivity contribution in [1.82, 2.24) is 15.0 Å². The average molecular weight is 415 g/mol. The highest BCUT2D eigenvalue weighted by molar-refractivity contribution is 7.89. The molecule has 0 aliphatic heterocycles. The number of amides is 1. The van der Waals surface area contributed by atoms with Gasteiger partial charge >= 0.3 is 0 Å². The number of rotatable bonds is 9. The SMILES string of the molecule is COc1ccc(S(=O)(=O)N[C@H](CC(=O)NCc2cccnc2)c2ccco2)cc1. The van der Waals surface area contributed by atoms with Crippen LogP contribution in [-0.2, 0) is 21.4 Å². The van der Waals surface area contributed by atoms with Crippen LogP contribution in [0, 0.1) is 0 Å². The van der Waals surface area contributed by atoms with Gasteiger partial charge in [0.15, 0.2) is 0 Å². The molecule has 8 nitrogen and oxygen atoms in total. The van der Waals surface area contributed by atoms with Crippen molar-refractivity contribution in [3.8, 4) is 5.75 Å². The molecule has 0 aliphatic rings. The molecule has 1 amide bonds. The molecule has 3 aromatic rings. The lowest BCUT2D eigenvalue weighted by Gasteiger charge is -2.17. The van der Waals surface area contributed by atoms with Crippen molar-refractivity contribution in [2.75, 3.05) is 7.11 Å². The highest BCUT2D eigenvalue weighted by atomic mass is 32.2. The van der Waals surface area contributed by atoms with Crippen LogP contribution in [-0.4, -0.2) is 26.4 Å². The first kappa shape index (κ1) is 20.6. The number of pyridine rings is 1. The molecular formula is C20H21N3O5S. The molecule has 3 rings (SSSR count). The molecule has 0 spiro atoms. The summed E-state index contributed by atoms with van der Waals surface area (Å²) in [6, 6.07) is 12.0. The number of hydrogen-bond donors (Lipinski definition) is 2. The van der Waals surface area contributed by atoms with Crippen molar-refractivity contribution >= 4 is 15.9 Å². The van der Waals surface area contributed by atoms with E-state index in [1.165, 1.54) is 25.5 Å². The summed E-state index contributed by atoms with van der Waals surface area (Å²) in [4.78, 5) is 16.5. The van der Waals surface area contributed by atoms with E-state index in [0.717, 1.165) is 5.56 Å². The lowest BCUT2D eigenvalue weighted by molar-refractivity contribution is -0.121. The maximum Gasteiger partial charge on any atom is 0.241 e. The van der Waals surface area contributed by atoms with Gasteiger partial charge in [0.05, 0.1) is 30.7 Å². The molecule has 2 N–H and O–H groups in total. The number of hydrogen-bond acceptors (Lipinski definition) is 6. The van der Waals surface area contributed by atoms with Gasteiger partial charge in [0.1, 0.15) is 11.5 Å². The van der Waals surface area contributed by atoms with E-state index in [4.69, 9.17) is 9.15 Å². The van der Waals surface area contributed by atoms with Gasteiger partial charge in [-0.1, -0.05) is 6.07 Å². The van der Waals surface area contributed by atoms with Gasteiger partial charge in [-0.05, 0) is 48.0 Å². The van der Waals surface area contributed by atoms with E-state index >= 15 is 0 Å². The predicted molar refractivity (Wildman–Crippen MR) is 105 cm³/mol. The molecule has 0 saturated heterocycles. The minimum Gasteiger partial charge on any atom is -0.497 e. The van der Waals surface area contributed by atoms with Crippen molar-refractivity contribution in [3.05, 3.63) is 78.5 Å². The van der Waals surface area contributed by atoms with Crippen molar-refractivity contribution in [1.29, 1.82) is 0 Å². The lowest BCUT2D eigenvalue weighted by atomic mass is 10.1. The molecule has 2 aromatic heterocycles. The molecule has 0 bridgehead atoms. The van der Waals surface area contributed by atoms with Crippen LogP contribution in [0.4, 0.5) is 0 Å². The zero-order valence-corrected chi connectivity index (χ0v) is 16.6. The summed E-state index contributed by atoms with van der Waals surface area (Å²) >= 11 is 0. The van der Waals surface area contributed by atoms with Crippen LogP contribution in [0.3, 0.4) is 0 Å². The van der Waals surface area contributed by atoms with E-state index in [1.54, 1.807) is 42.7 Å². The normalized spacial score (nSPS) is 12.3. The first-order valence-electron chi connectivity index (χ1n) is 8.83. The standard InChI is InChI=1S/C20H21N3O5S/c1-27-16-6-8-17(9-7-16)29(25,26)23-18(19-5-3-11-28-19)12-20(24)22-14-15-4-2-10-21-13-15/h2-11,13,18,23H,12,14H2,1H3,(H,22,24)/t18-/m1/s1. The van der Waals surface area contributed by atoms with Gasteiger partial charge in [0, 0.05) is 18.9 Å². The number of methoxy groups -OCH3 is 1. The maximum atomic E-state index is 12.8. The zero-order chi connectivity index (χ0) is 20.7. The van der Waals surface area contributed by atoms with Crippen LogP contribution in [0.25, 0.3) is 0 Å². The fourth-order valence-electron chi connectivity index (χ4n) is 2.66. The number of sulfonamides is 1. The Bertz CT molecular complexity index is 1020. The molecule has 152 valence electrons. The molecule has 1 atom stereocenters. The summed E-state index contributed by atoms with van der Waals surface area (Å²) in [6.45, 7) is 0.294. The molecular weight excluding hydrogens is 394 g/mol. The number of carbonyl (C=O) groups is 1. The van der Waals surface area contributed by atoms with Gasteiger partial charge in [0.2, 0.25) is 15.9 Å². The topological polar surface area (TPSA) is 111 Å². The molecule has 9 heteroatoms. The van der Waals surface area contributed by atoms with Gasteiger partial charge in [-0.25, -0.2) is 8.42 Å². The molecule has 1 aromatic carbocycles. The first-order chi connectivity index (χ1) is 14.0. The van der Waals surface area contributed by atoms with E-state index in [9.17, 15) is 13.2 Å². The van der Waals surface area contributed by atoms with Crippen molar-refractivity contribution < 1.29 is 22.4 Å². The fourth-order valence-corrected chi connectivity index (χ4v) is 3.87. The number of carbonyl (C=O) groups excluding carboxylic acids is 1. The van der Waals surface area contributed by atoms with Crippen LogP contribution in [0.5, 0.6) is 5.75 Å². The number of furan rings is 1. The summed E-state index contributed by atoms with van der Waals surface area (Å²) < 4.78 is 38.5. The number of nitrogens with one attached hydrogen (secondary N) is 2. The Balaban J connectivity index is 1.71. The Morgan fingerprint density at radius 3 is 2.59 bits per heavy atom. The van der Waals surface area contributed by atoms with E-state index in [2.05, 4.69) is 15.0 Å². The second-order valence-corrected chi connectivity index (χ2v) is 7.92. The number of nitrogens with zero attached hydrogens (tertiary/aromatic N) is 1. The molecule has 0 fully saturated rings. The average Bonchev–Trinajstić information content (AvgIpc) is 3.27. The van der Waals surface area contributed by atoms with Crippen LogP contribution < -0.4 is 14.8 Å². The van der Waals surface area contributed by atoms with Crippen molar-refractivity contribution in [2.45, 2.75) is 23.9 Å². The Morgan fingerprint density at radius 1 is 1.17 bits per heavy atom. The largest absolute Gasteiger partial charge is 0.497 e. The van der Waals surface area contributed by atoms with Crippen molar-refractivity contribution in [2.24, 2.45) is 0 Å². The first-order valence-corrected chi connectivity index (χ1v) is 10.3. The van der Waals surface area contributed by atoms with Crippen molar-refractivity contribution in [3.63, 3.8) is 0 Å². The van der Waals surface area contributed by atoms with Gasteiger partial charge in [0.25, 0.3) is 0 Å². The second-order valence-electron chi connectivity index (χ2n) is 6.21. The molecule has 0 aliphatic carbocycles. The highest BCUT2D eigenvalue weighted by Gasteiger charge is 2.25. The predicted octanol–water partition coefficient (Wildman–Crippen LogP) is 2.41. The molecule has 2 heterocycles. The smallest absolute Gasteiger partial charge is 0.241 e. The van der Waals surface area contributed by atoms with E-state index in [1.807, 2.05) is 6.07 Å². The monoisotopic (exact) mass is 415 g/mol. The summed E-state index contributed by atoms with van der Waals surface area (Å²) in [5.41, 5.74) is 0.842. The van der Waals surface area contributed by atoms with Crippen LogP contribution in [0.15, 0.2) is 76.5 Å². The van der Waals surface area contributed by atoms with Crippen LogP contribution >= 0.6 is 0 Å². The third-order valence-electron chi connectivity index (χ3n) is 4.16. The lowest BCUT2D eigenvalue weighted by Crippen LogP contribution is -2.33. The van der Waals surface area contributed by atoms with Crippen LogP contribution in [0.2, 0.25) is 0 Å². The third-order valence-corrected chi connectivity index (χ3v) is 5.64. The Hall–Kier alpha value is -3.17. The van der Waals surface area contributed by atoms with Crippen LogP contribution in [0.1, 0.15) is 23.8 Å². The van der Waals surface area contributed by atoms with E-state index in [-0.39, 0.29) is 17.2 Å². The summed E-state index contributed by atoms with van der Waals surface area (Å²) in [5, 5.41) is 2.76. The summed E-state index contributed by atoms with van der Waals surface area (Å²) in [5.74, 6) is 0.563. The summed E-state index contributed by atoms with van der Waals surface area (Å²) in [7, 11) is -2.38. The highest BCUT2D eigenvalue weighted by Crippen LogP contribution is 2.22. The Kier molecular flexibility index (Phi) is 6.63. The quantitative estimate of drug-likeness (QED) is 0.555. The molecule has 0 saturated carbocycles. The van der Waals surface area contributed by atoms with Gasteiger partial charge in [-0.15, -0.1) is 0 Å². The number of ether oxygens (including phenoxy) is 1. The summed E-state index contributed by atoms with van der Waals surface area (Å²) in [6.07, 6.45) is 4.60. The van der Waals surface area contributed by atoms with E-state index < -0.39 is 16.1 Å². The molecule has 29 heavy (non-hydrogen) atoms. The fraction of sp³-hybridized carbons (Fsp3) is 0.200. The minimum atomic E-state index is -3.88. The maximum absolute atomic E-state index is 12.8. The van der Waals surface area contributed by atoms with Gasteiger partial charge in [-0.2, -0.15) is 4.72 Å². The Morgan fingerprint density at radius 2 is 1.97 bits per heavy atom. The molecule has 0 radical (unpaired) electrons.